The first-order valence-electron chi connectivity index (χ1n) is 23.6. The van der Waals surface area contributed by atoms with E-state index in [0.717, 1.165) is 72.5 Å². The zero-order chi connectivity index (χ0) is 47.2. The van der Waals surface area contributed by atoms with Crippen LogP contribution in [0.15, 0.2) is 158 Å². The Morgan fingerprint density at radius 3 is 1.85 bits per heavy atom. The molecule has 5 heteroatoms. The van der Waals surface area contributed by atoms with Gasteiger partial charge in [-0.1, -0.05) is 214 Å². The van der Waals surface area contributed by atoms with Gasteiger partial charge in [0.1, 0.15) is 11.6 Å². The summed E-state index contributed by atoms with van der Waals surface area (Å²) in [5.41, 5.74) is 18.9. The molecule has 0 radical (unpaired) electrons. The Bertz CT molecular complexity index is 3380. The first-order valence-corrected chi connectivity index (χ1v) is 23.6. The van der Waals surface area contributed by atoms with Crippen LogP contribution >= 0.6 is 0 Å². The molecule has 344 valence electrons. The standard InChI is InChI=1S/C63H60N3O.Pt/c1-60(2,3)43-29-30-54(47(36-43)40-23-16-13-17-24-40)66-55-28-20-26-45(57(55)65-59(66)49-37-44(61(4,5)6)38-52(58(49)67)62(7,8)9)48-33-42(53-35-41(31-32-64-53)39-21-14-12-15-22-39)34-51-56(48)46-25-18-19-27-50(46)63(51,10)11;/h12-32,34-38,67H,1-11H3;/q-1;. The minimum absolute atomic E-state index is 0. The van der Waals surface area contributed by atoms with Gasteiger partial charge in [0.25, 0.3) is 0 Å². The van der Waals surface area contributed by atoms with Crippen molar-refractivity contribution in [3.8, 4) is 78.6 Å². The molecule has 0 fully saturated rings. The van der Waals surface area contributed by atoms with Gasteiger partial charge in [0, 0.05) is 49.5 Å². The second-order valence-corrected chi connectivity index (χ2v) is 22.0. The Balaban J connectivity index is 0.00000578. The van der Waals surface area contributed by atoms with Crippen LogP contribution in [0.3, 0.4) is 0 Å². The molecule has 0 atom stereocenters. The third-order valence-electron chi connectivity index (χ3n) is 13.9. The fourth-order valence-electron chi connectivity index (χ4n) is 10.1. The number of phenols is 1. The molecule has 0 spiro atoms. The number of rotatable bonds is 6. The number of phenolic OH excluding ortho intramolecular Hbond substituents is 1. The predicted molar refractivity (Wildman–Crippen MR) is 280 cm³/mol. The number of benzene rings is 7. The van der Waals surface area contributed by atoms with Gasteiger partial charge in [-0.2, -0.15) is 0 Å². The first kappa shape index (κ1) is 46.7. The predicted octanol–water partition coefficient (Wildman–Crippen LogP) is 16.5. The molecule has 10 rings (SSSR count). The Hall–Kier alpha value is -6.35. The van der Waals surface area contributed by atoms with E-state index in [1.165, 1.54) is 27.8 Å². The summed E-state index contributed by atoms with van der Waals surface area (Å²) < 4.78 is 2.30. The van der Waals surface area contributed by atoms with Gasteiger partial charge in [0.05, 0.1) is 22.3 Å². The minimum Gasteiger partial charge on any atom is -0.507 e. The van der Waals surface area contributed by atoms with Gasteiger partial charge in [-0.05, 0) is 85.5 Å². The average Bonchev–Trinajstić information content (AvgIpc) is 3.80. The van der Waals surface area contributed by atoms with Gasteiger partial charge in [0.2, 0.25) is 0 Å². The Morgan fingerprint density at radius 1 is 0.544 bits per heavy atom. The number of para-hydroxylation sites is 1. The molecule has 2 heterocycles. The van der Waals surface area contributed by atoms with E-state index in [9.17, 15) is 5.11 Å². The van der Waals surface area contributed by atoms with Gasteiger partial charge >= 0.3 is 0 Å². The van der Waals surface area contributed by atoms with Crippen molar-refractivity contribution in [1.82, 2.24) is 14.5 Å². The average molecular weight is 1070 g/mol. The number of fused-ring (bicyclic) bond motifs is 4. The van der Waals surface area contributed by atoms with Crippen LogP contribution < -0.4 is 0 Å². The molecule has 2 aromatic heterocycles. The van der Waals surface area contributed by atoms with E-state index < -0.39 is 0 Å². The topological polar surface area (TPSA) is 50.9 Å². The van der Waals surface area contributed by atoms with Gasteiger partial charge < -0.3 is 5.11 Å². The molecule has 0 unspecified atom stereocenters. The molecular weight excluding hydrogens is 1010 g/mol. The summed E-state index contributed by atoms with van der Waals surface area (Å²) in [6, 6.07) is 58.3. The van der Waals surface area contributed by atoms with Crippen molar-refractivity contribution in [3.05, 3.63) is 192 Å². The number of hydrogen-bond acceptors (Lipinski definition) is 3. The second kappa shape index (κ2) is 17.0. The van der Waals surface area contributed by atoms with Crippen LogP contribution in [0.5, 0.6) is 5.75 Å². The zero-order valence-corrected chi connectivity index (χ0v) is 43.4. The van der Waals surface area contributed by atoms with Crippen molar-refractivity contribution in [2.45, 2.75) is 97.8 Å². The summed E-state index contributed by atoms with van der Waals surface area (Å²) in [4.78, 5) is 10.8. The molecule has 1 N–H and O–H groups in total. The fourth-order valence-corrected chi connectivity index (χ4v) is 10.1. The van der Waals surface area contributed by atoms with E-state index in [1.54, 1.807) is 0 Å². The maximum Gasteiger partial charge on any atom is 0.148 e. The van der Waals surface area contributed by atoms with Gasteiger partial charge in [-0.15, -0.1) is 17.7 Å². The Kier molecular flexibility index (Phi) is 11.7. The zero-order valence-electron chi connectivity index (χ0n) is 41.1. The summed E-state index contributed by atoms with van der Waals surface area (Å²) >= 11 is 0. The summed E-state index contributed by atoms with van der Waals surface area (Å²) in [6.45, 7) is 24.7. The monoisotopic (exact) mass is 1070 g/mol. The summed E-state index contributed by atoms with van der Waals surface area (Å²) in [7, 11) is 0. The van der Waals surface area contributed by atoms with Crippen molar-refractivity contribution in [2.75, 3.05) is 0 Å². The third-order valence-corrected chi connectivity index (χ3v) is 13.9. The van der Waals surface area contributed by atoms with Gasteiger partial charge in [0.15, 0.2) is 0 Å². The van der Waals surface area contributed by atoms with Crippen LogP contribution in [0.2, 0.25) is 0 Å². The number of hydrogen-bond donors (Lipinski definition) is 1. The van der Waals surface area contributed by atoms with E-state index in [4.69, 9.17) is 9.97 Å². The molecule has 4 nitrogen and oxygen atoms in total. The summed E-state index contributed by atoms with van der Waals surface area (Å²) in [6.07, 6.45) is 1.91. The number of imidazole rings is 1. The van der Waals surface area contributed by atoms with Crippen LogP contribution in [0.4, 0.5) is 0 Å². The third kappa shape index (κ3) is 8.05. The molecular formula is C63H60N3OPt-. The number of aromatic hydroxyl groups is 1. The molecule has 0 amide bonds. The van der Waals surface area contributed by atoms with Crippen LogP contribution in [0, 0.1) is 6.07 Å². The molecule has 1 aliphatic rings. The molecule has 0 aliphatic heterocycles. The van der Waals surface area contributed by atoms with Crippen molar-refractivity contribution in [3.63, 3.8) is 0 Å². The SMILES string of the molecule is CC(C)(C)c1ccc(-n2c(-c3cc(C(C)(C)C)cc(C(C)(C)C)c3O)nc3c(-c4[c-]c(-c5cc(-c6ccccc6)ccn5)cc5c4-c4ccccc4C5(C)C)cccc32)c(-c2ccccc2)c1.[Pt]. The summed E-state index contributed by atoms with van der Waals surface area (Å²) in [5.74, 6) is 0.934. The maximum atomic E-state index is 12.7. The number of aromatic nitrogens is 3. The Labute approximate surface area is 417 Å². The van der Waals surface area contributed by atoms with Crippen LogP contribution in [-0.2, 0) is 42.7 Å². The largest absolute Gasteiger partial charge is 0.507 e. The van der Waals surface area contributed by atoms with E-state index in [0.29, 0.717) is 11.4 Å². The number of pyridine rings is 1. The molecule has 9 aromatic rings. The molecule has 0 bridgehead atoms. The van der Waals surface area contributed by atoms with E-state index >= 15 is 0 Å². The maximum absolute atomic E-state index is 12.7. The Morgan fingerprint density at radius 2 is 1.18 bits per heavy atom. The minimum atomic E-state index is -0.340. The van der Waals surface area contributed by atoms with Gasteiger partial charge in [-0.3, -0.25) is 9.55 Å². The molecule has 0 saturated carbocycles. The first-order chi connectivity index (χ1) is 31.8. The quantitative estimate of drug-likeness (QED) is 0.169. The molecule has 68 heavy (non-hydrogen) atoms. The number of nitrogens with zero attached hydrogens (tertiary/aromatic N) is 3. The van der Waals surface area contributed by atoms with Crippen molar-refractivity contribution in [2.24, 2.45) is 0 Å². The molecule has 0 saturated heterocycles. The van der Waals surface area contributed by atoms with Crippen molar-refractivity contribution in [1.29, 1.82) is 0 Å². The van der Waals surface area contributed by atoms with Crippen molar-refractivity contribution < 1.29 is 26.2 Å². The normalized spacial score (nSPS) is 13.3. The van der Waals surface area contributed by atoms with Crippen molar-refractivity contribution >= 4 is 11.0 Å². The summed E-state index contributed by atoms with van der Waals surface area (Å²) in [5, 5.41) is 12.7. The van der Waals surface area contributed by atoms with Crippen LogP contribution in [-0.4, -0.2) is 19.6 Å². The van der Waals surface area contributed by atoms with E-state index in [2.05, 4.69) is 238 Å². The van der Waals surface area contributed by atoms with Crippen LogP contribution in [0.1, 0.15) is 104 Å². The fraction of sp³-hybridized carbons (Fsp3) is 0.238. The smallest absolute Gasteiger partial charge is 0.148 e. The van der Waals surface area contributed by atoms with E-state index in [-0.39, 0.29) is 48.5 Å². The van der Waals surface area contributed by atoms with Crippen LogP contribution in [0.25, 0.3) is 83.9 Å². The second-order valence-electron chi connectivity index (χ2n) is 22.0. The molecule has 7 aromatic carbocycles. The van der Waals surface area contributed by atoms with E-state index in [1.807, 2.05) is 6.20 Å². The molecule has 1 aliphatic carbocycles. The van der Waals surface area contributed by atoms with Gasteiger partial charge in [-0.25, -0.2) is 4.98 Å².